The molecular formula is C16H25N3O3S. The summed E-state index contributed by atoms with van der Waals surface area (Å²) in [5.41, 5.74) is 0.247. The van der Waals surface area contributed by atoms with Gasteiger partial charge in [0.05, 0.1) is 5.69 Å². The van der Waals surface area contributed by atoms with E-state index in [4.69, 9.17) is 0 Å². The van der Waals surface area contributed by atoms with Crippen LogP contribution in [-0.4, -0.2) is 45.1 Å². The fourth-order valence-electron chi connectivity index (χ4n) is 2.71. The lowest BCUT2D eigenvalue weighted by molar-refractivity contribution is -0.122. The zero-order valence-corrected chi connectivity index (χ0v) is 15.4. The molecule has 1 saturated heterocycles. The van der Waals surface area contributed by atoms with Crippen molar-refractivity contribution in [2.75, 3.05) is 11.4 Å². The van der Waals surface area contributed by atoms with Gasteiger partial charge in [-0.25, -0.2) is 9.78 Å². The van der Waals surface area contributed by atoms with Crippen molar-refractivity contribution < 1.29 is 14.7 Å². The Balaban J connectivity index is 2.25. The second-order valence-corrected chi connectivity index (χ2v) is 8.72. The summed E-state index contributed by atoms with van der Waals surface area (Å²) in [6.07, 6.45) is -0.570. The summed E-state index contributed by atoms with van der Waals surface area (Å²) in [5.74, 6) is -0.183. The molecule has 1 aromatic heterocycles. The number of carbonyl (C=O) groups is 2. The van der Waals surface area contributed by atoms with Gasteiger partial charge in [-0.15, -0.1) is 11.3 Å². The van der Waals surface area contributed by atoms with Crippen molar-refractivity contribution in [2.45, 2.75) is 65.0 Å². The van der Waals surface area contributed by atoms with Crippen molar-refractivity contribution in [3.8, 4) is 0 Å². The number of carboxylic acid groups (broad SMARTS) is 1. The second kappa shape index (κ2) is 5.78. The van der Waals surface area contributed by atoms with Crippen molar-refractivity contribution in [1.29, 1.82) is 0 Å². The molecule has 1 fully saturated rings. The largest absolute Gasteiger partial charge is 0.465 e. The van der Waals surface area contributed by atoms with Gasteiger partial charge in [0, 0.05) is 22.9 Å². The highest BCUT2D eigenvalue weighted by molar-refractivity contribution is 7.14. The van der Waals surface area contributed by atoms with E-state index in [1.54, 1.807) is 25.7 Å². The summed E-state index contributed by atoms with van der Waals surface area (Å²) < 4.78 is 0. The molecule has 0 spiro atoms. The number of carbonyl (C=O) groups excluding carboxylic acids is 1. The molecule has 2 heterocycles. The number of hydrogen-bond donors (Lipinski definition) is 1. The standard InChI is InChI=1S/C16H25N3O3S/c1-15(2,3)11-9-23-13(17-11)18-8-7-10(12(18)20)19(14(21)22)16(4,5)6/h9-10H,7-8H2,1-6H3,(H,21,22)/t10-/m0/s1. The maximum Gasteiger partial charge on any atom is 0.408 e. The van der Waals surface area contributed by atoms with Gasteiger partial charge in [0.1, 0.15) is 6.04 Å². The number of anilines is 1. The van der Waals surface area contributed by atoms with Crippen molar-refractivity contribution in [1.82, 2.24) is 9.88 Å². The zero-order valence-electron chi connectivity index (χ0n) is 14.6. The highest BCUT2D eigenvalue weighted by atomic mass is 32.1. The van der Waals surface area contributed by atoms with Crippen molar-refractivity contribution >= 4 is 28.5 Å². The Hall–Kier alpha value is -1.63. The molecule has 7 heteroatoms. The van der Waals surface area contributed by atoms with E-state index < -0.39 is 17.7 Å². The zero-order chi connectivity index (χ0) is 17.6. The Bertz CT molecular complexity index is 613. The SMILES string of the molecule is CC(C)(C)c1csc(N2CC[C@H](N(C(=O)O)C(C)(C)C)C2=O)n1. The van der Waals surface area contributed by atoms with E-state index in [1.165, 1.54) is 16.2 Å². The van der Waals surface area contributed by atoms with Crippen LogP contribution in [0.3, 0.4) is 0 Å². The topological polar surface area (TPSA) is 73.7 Å². The summed E-state index contributed by atoms with van der Waals surface area (Å²) in [4.78, 5) is 31.8. The van der Waals surface area contributed by atoms with Gasteiger partial charge >= 0.3 is 6.09 Å². The van der Waals surface area contributed by atoms with Crippen LogP contribution in [-0.2, 0) is 10.2 Å². The molecular weight excluding hydrogens is 314 g/mol. The molecule has 0 bridgehead atoms. The highest BCUT2D eigenvalue weighted by Gasteiger charge is 2.44. The van der Waals surface area contributed by atoms with Crippen molar-refractivity contribution in [3.63, 3.8) is 0 Å². The lowest BCUT2D eigenvalue weighted by Gasteiger charge is -2.36. The molecule has 1 atom stereocenters. The molecule has 0 radical (unpaired) electrons. The van der Waals surface area contributed by atoms with Crippen LogP contribution in [0.4, 0.5) is 9.93 Å². The van der Waals surface area contributed by atoms with Crippen LogP contribution in [0.5, 0.6) is 0 Å². The molecule has 1 aromatic rings. The summed E-state index contributed by atoms with van der Waals surface area (Å²) in [6, 6.07) is -0.644. The van der Waals surface area contributed by atoms with Crippen LogP contribution < -0.4 is 4.90 Å². The van der Waals surface area contributed by atoms with Gasteiger partial charge in [-0.2, -0.15) is 0 Å². The van der Waals surface area contributed by atoms with Crippen LogP contribution in [0.1, 0.15) is 53.7 Å². The summed E-state index contributed by atoms with van der Waals surface area (Å²) in [7, 11) is 0. The molecule has 0 aromatic carbocycles. The third kappa shape index (κ3) is 3.49. The second-order valence-electron chi connectivity index (χ2n) is 7.88. The molecule has 0 saturated carbocycles. The van der Waals surface area contributed by atoms with E-state index in [0.29, 0.717) is 18.1 Å². The molecule has 0 aliphatic carbocycles. The van der Waals surface area contributed by atoms with Crippen LogP contribution in [0.25, 0.3) is 0 Å². The molecule has 1 aliphatic rings. The van der Waals surface area contributed by atoms with Crippen molar-refractivity contribution in [2.24, 2.45) is 0 Å². The van der Waals surface area contributed by atoms with Gasteiger partial charge in [0.25, 0.3) is 5.91 Å². The quantitative estimate of drug-likeness (QED) is 0.897. The average Bonchev–Trinajstić information content (AvgIpc) is 2.95. The molecule has 2 amide bonds. The lowest BCUT2D eigenvalue weighted by Crippen LogP contribution is -2.54. The monoisotopic (exact) mass is 339 g/mol. The normalized spacial score (nSPS) is 19.3. The molecule has 1 N–H and O–H groups in total. The van der Waals surface area contributed by atoms with Gasteiger partial charge in [0.15, 0.2) is 5.13 Å². The van der Waals surface area contributed by atoms with Gasteiger partial charge in [-0.3, -0.25) is 14.6 Å². The Kier molecular flexibility index (Phi) is 4.45. The predicted octanol–water partition coefficient (Wildman–Crippen LogP) is 3.32. The van der Waals surface area contributed by atoms with E-state index in [-0.39, 0.29) is 11.3 Å². The Morgan fingerprint density at radius 1 is 1.35 bits per heavy atom. The number of nitrogens with zero attached hydrogens (tertiary/aromatic N) is 3. The van der Waals surface area contributed by atoms with Crippen LogP contribution in [0.2, 0.25) is 0 Å². The predicted molar refractivity (Wildman–Crippen MR) is 91.2 cm³/mol. The molecule has 0 unspecified atom stereocenters. The first-order valence-corrected chi connectivity index (χ1v) is 8.60. The van der Waals surface area contributed by atoms with E-state index >= 15 is 0 Å². The Morgan fingerprint density at radius 3 is 2.39 bits per heavy atom. The first-order valence-electron chi connectivity index (χ1n) is 7.72. The third-order valence-electron chi connectivity index (χ3n) is 3.91. The molecule has 23 heavy (non-hydrogen) atoms. The fraction of sp³-hybridized carbons (Fsp3) is 0.688. The maximum absolute atomic E-state index is 12.7. The van der Waals surface area contributed by atoms with Crippen molar-refractivity contribution in [3.05, 3.63) is 11.1 Å². The van der Waals surface area contributed by atoms with E-state index in [2.05, 4.69) is 25.8 Å². The van der Waals surface area contributed by atoms with Gasteiger partial charge in [-0.1, -0.05) is 20.8 Å². The number of thiazole rings is 1. The number of amides is 2. The smallest absolute Gasteiger partial charge is 0.408 e. The summed E-state index contributed by atoms with van der Waals surface area (Å²) in [5, 5.41) is 12.1. The summed E-state index contributed by atoms with van der Waals surface area (Å²) >= 11 is 1.44. The van der Waals surface area contributed by atoms with Gasteiger partial charge in [0.2, 0.25) is 0 Å². The summed E-state index contributed by atoms with van der Waals surface area (Å²) in [6.45, 7) is 12.1. The Labute approximate surface area is 141 Å². The van der Waals surface area contributed by atoms with Gasteiger partial charge < -0.3 is 5.11 Å². The average molecular weight is 339 g/mol. The lowest BCUT2D eigenvalue weighted by atomic mass is 9.93. The Morgan fingerprint density at radius 2 is 1.96 bits per heavy atom. The number of hydrogen-bond acceptors (Lipinski definition) is 4. The number of aromatic nitrogens is 1. The first kappa shape index (κ1) is 17.7. The van der Waals surface area contributed by atoms with Gasteiger partial charge in [-0.05, 0) is 27.2 Å². The minimum atomic E-state index is -1.06. The first-order chi connectivity index (χ1) is 10.4. The van der Waals surface area contributed by atoms with Crippen LogP contribution >= 0.6 is 11.3 Å². The van der Waals surface area contributed by atoms with Crippen LogP contribution in [0, 0.1) is 0 Å². The third-order valence-corrected chi connectivity index (χ3v) is 4.77. The molecule has 128 valence electrons. The molecule has 6 nitrogen and oxygen atoms in total. The van der Waals surface area contributed by atoms with E-state index in [9.17, 15) is 14.7 Å². The fourth-order valence-corrected chi connectivity index (χ4v) is 3.80. The van der Waals surface area contributed by atoms with E-state index in [1.807, 2.05) is 5.38 Å². The minimum Gasteiger partial charge on any atom is -0.465 e. The molecule has 2 rings (SSSR count). The van der Waals surface area contributed by atoms with Crippen LogP contribution in [0.15, 0.2) is 5.38 Å². The highest BCUT2D eigenvalue weighted by Crippen LogP contribution is 2.33. The number of rotatable bonds is 2. The molecule has 1 aliphatic heterocycles. The van der Waals surface area contributed by atoms with E-state index in [0.717, 1.165) is 5.69 Å². The maximum atomic E-state index is 12.7. The minimum absolute atomic E-state index is 0.0740.